The molecule has 0 radical (unpaired) electrons. The maximum absolute atomic E-state index is 13.7. The molecule has 3 aromatic rings. The van der Waals surface area contributed by atoms with E-state index in [0.717, 1.165) is 31.0 Å². The number of halogens is 3. The Morgan fingerprint density at radius 1 is 1.27 bits per heavy atom. The molecule has 4 rings (SSSR count). The van der Waals surface area contributed by atoms with Crippen LogP contribution in [0.25, 0.3) is 22.3 Å². The van der Waals surface area contributed by atoms with Gasteiger partial charge in [0.25, 0.3) is 0 Å². The third kappa shape index (κ3) is 4.95. The van der Waals surface area contributed by atoms with Crippen LogP contribution >= 0.6 is 0 Å². The van der Waals surface area contributed by atoms with E-state index in [0.29, 0.717) is 28.8 Å². The van der Waals surface area contributed by atoms with Gasteiger partial charge in [0.1, 0.15) is 5.65 Å². The molecular formula is C24H24F3N5O. The molecule has 1 fully saturated rings. The Bertz CT molecular complexity index is 1190. The highest BCUT2D eigenvalue weighted by Gasteiger charge is 2.35. The highest BCUT2D eigenvalue weighted by molar-refractivity contribution is 5.95. The molecule has 9 heteroatoms. The van der Waals surface area contributed by atoms with E-state index in [4.69, 9.17) is 5.26 Å². The Morgan fingerprint density at radius 3 is 2.61 bits per heavy atom. The number of amides is 1. The number of aromatic nitrogens is 2. The fourth-order valence-corrected chi connectivity index (χ4v) is 3.80. The summed E-state index contributed by atoms with van der Waals surface area (Å²) < 4.78 is 41.2. The quantitative estimate of drug-likeness (QED) is 0.463. The molecule has 1 amide bonds. The van der Waals surface area contributed by atoms with Crippen LogP contribution in [0, 0.1) is 23.2 Å². The van der Waals surface area contributed by atoms with Gasteiger partial charge >= 0.3 is 6.18 Å². The molecule has 6 nitrogen and oxygen atoms in total. The van der Waals surface area contributed by atoms with Crippen LogP contribution in [0.5, 0.6) is 0 Å². The van der Waals surface area contributed by atoms with Crippen molar-refractivity contribution in [2.45, 2.75) is 32.4 Å². The van der Waals surface area contributed by atoms with Crippen molar-refractivity contribution in [3.63, 3.8) is 0 Å². The van der Waals surface area contributed by atoms with Crippen molar-refractivity contribution >= 4 is 22.6 Å². The highest BCUT2D eigenvalue weighted by atomic mass is 19.4. The summed E-state index contributed by atoms with van der Waals surface area (Å²) in [5, 5.41) is 15.1. The first-order chi connectivity index (χ1) is 15.8. The molecule has 2 aromatic heterocycles. The van der Waals surface area contributed by atoms with Gasteiger partial charge < -0.3 is 15.6 Å². The molecule has 1 unspecified atom stereocenters. The SMILES string of the molecule is CC(CNC(=O)C1CCC1)CNc1c(C(F)(F)F)cnc2[nH]c(-c3ccc(C#N)cc3)cc12. The number of carbonyl (C=O) groups excluding carboxylic acids is 1. The lowest BCUT2D eigenvalue weighted by Gasteiger charge is -2.25. The first-order valence-corrected chi connectivity index (χ1v) is 10.9. The van der Waals surface area contributed by atoms with E-state index in [1.165, 1.54) is 0 Å². The molecule has 1 atom stereocenters. The molecule has 2 heterocycles. The number of carbonyl (C=O) groups is 1. The predicted octanol–water partition coefficient (Wildman–Crippen LogP) is 5.08. The summed E-state index contributed by atoms with van der Waals surface area (Å²) in [4.78, 5) is 19.1. The lowest BCUT2D eigenvalue weighted by molar-refractivity contribution is -0.137. The van der Waals surface area contributed by atoms with Crippen LogP contribution < -0.4 is 10.6 Å². The first-order valence-electron chi connectivity index (χ1n) is 10.9. The van der Waals surface area contributed by atoms with Crippen molar-refractivity contribution in [2.75, 3.05) is 18.4 Å². The number of alkyl halides is 3. The normalized spacial score (nSPS) is 15.0. The number of fused-ring (bicyclic) bond motifs is 1. The molecular weight excluding hydrogens is 431 g/mol. The maximum atomic E-state index is 13.7. The first kappa shape index (κ1) is 22.6. The monoisotopic (exact) mass is 455 g/mol. The number of anilines is 1. The molecule has 0 aliphatic heterocycles. The second-order valence-corrected chi connectivity index (χ2v) is 8.54. The lowest BCUT2D eigenvalue weighted by atomic mass is 9.85. The lowest BCUT2D eigenvalue weighted by Crippen LogP contribution is -2.38. The predicted molar refractivity (Wildman–Crippen MR) is 119 cm³/mol. The Labute approximate surface area is 189 Å². The van der Waals surface area contributed by atoms with Gasteiger partial charge in [-0.25, -0.2) is 4.98 Å². The zero-order valence-electron chi connectivity index (χ0n) is 18.1. The van der Waals surface area contributed by atoms with Gasteiger partial charge in [0.05, 0.1) is 22.9 Å². The summed E-state index contributed by atoms with van der Waals surface area (Å²) in [6.07, 6.45) is -0.882. The average Bonchev–Trinajstić information content (AvgIpc) is 3.18. The molecule has 0 spiro atoms. The van der Waals surface area contributed by atoms with Gasteiger partial charge in [0, 0.05) is 36.3 Å². The van der Waals surface area contributed by atoms with E-state index >= 15 is 0 Å². The minimum atomic E-state index is -4.57. The van der Waals surface area contributed by atoms with Gasteiger partial charge in [-0.05, 0) is 42.5 Å². The number of hydrogen-bond donors (Lipinski definition) is 3. The zero-order valence-corrected chi connectivity index (χ0v) is 18.1. The number of nitrogens with zero attached hydrogens (tertiary/aromatic N) is 2. The fourth-order valence-electron chi connectivity index (χ4n) is 3.80. The minimum Gasteiger partial charge on any atom is -0.384 e. The van der Waals surface area contributed by atoms with E-state index in [1.54, 1.807) is 30.3 Å². The summed E-state index contributed by atoms with van der Waals surface area (Å²) in [5.41, 5.74) is 1.28. The minimum absolute atomic E-state index is 0.0214. The van der Waals surface area contributed by atoms with Crippen molar-refractivity contribution in [1.29, 1.82) is 5.26 Å². The molecule has 1 aliphatic rings. The zero-order chi connectivity index (χ0) is 23.6. The van der Waals surface area contributed by atoms with Gasteiger partial charge in [-0.3, -0.25) is 4.79 Å². The van der Waals surface area contributed by atoms with Gasteiger partial charge in [0.2, 0.25) is 5.91 Å². The van der Waals surface area contributed by atoms with Crippen LogP contribution in [0.15, 0.2) is 36.5 Å². The second-order valence-electron chi connectivity index (χ2n) is 8.54. The van der Waals surface area contributed by atoms with E-state index < -0.39 is 11.7 Å². The van der Waals surface area contributed by atoms with E-state index in [-0.39, 0.29) is 30.0 Å². The third-order valence-corrected chi connectivity index (χ3v) is 6.02. The number of pyridine rings is 1. The molecule has 0 saturated heterocycles. The number of H-pyrrole nitrogens is 1. The van der Waals surface area contributed by atoms with Crippen LogP contribution in [0.4, 0.5) is 18.9 Å². The molecule has 0 bridgehead atoms. The number of rotatable bonds is 7. The van der Waals surface area contributed by atoms with Crippen molar-refractivity contribution < 1.29 is 18.0 Å². The number of hydrogen-bond acceptors (Lipinski definition) is 4. The third-order valence-electron chi connectivity index (χ3n) is 6.02. The Balaban J connectivity index is 1.56. The smallest absolute Gasteiger partial charge is 0.384 e. The van der Waals surface area contributed by atoms with Crippen LogP contribution in [0.1, 0.15) is 37.3 Å². The number of aromatic amines is 1. The summed E-state index contributed by atoms with van der Waals surface area (Å²) in [7, 11) is 0. The molecule has 3 N–H and O–H groups in total. The Hall–Kier alpha value is -3.54. The largest absolute Gasteiger partial charge is 0.419 e. The van der Waals surface area contributed by atoms with Crippen molar-refractivity contribution in [1.82, 2.24) is 15.3 Å². The average molecular weight is 455 g/mol. The van der Waals surface area contributed by atoms with Gasteiger partial charge in [-0.2, -0.15) is 18.4 Å². The number of nitrogens with one attached hydrogen (secondary N) is 3. The molecule has 1 saturated carbocycles. The van der Waals surface area contributed by atoms with Crippen LogP contribution in [0.2, 0.25) is 0 Å². The van der Waals surface area contributed by atoms with E-state index in [1.807, 2.05) is 13.0 Å². The van der Waals surface area contributed by atoms with Crippen molar-refractivity contribution in [2.24, 2.45) is 11.8 Å². The van der Waals surface area contributed by atoms with Crippen molar-refractivity contribution in [3.8, 4) is 17.3 Å². The summed E-state index contributed by atoms with van der Waals surface area (Å²) in [6.45, 7) is 2.52. The summed E-state index contributed by atoms with van der Waals surface area (Å²) in [6, 6.07) is 10.4. The van der Waals surface area contributed by atoms with E-state index in [2.05, 4.69) is 20.6 Å². The van der Waals surface area contributed by atoms with Gasteiger partial charge in [0.15, 0.2) is 0 Å². The molecule has 33 heavy (non-hydrogen) atoms. The number of nitriles is 1. The standard InChI is InChI=1S/C24H24F3N5O/c1-14(12-31-23(33)17-3-2-4-17)11-29-21-18-9-20(16-7-5-15(10-28)6-8-16)32-22(18)30-13-19(21)24(25,26)27/h5-9,13-14,17H,2-4,11-12H2,1H3,(H,31,33)(H2,29,30,32). The Kier molecular flexibility index (Phi) is 6.27. The molecule has 172 valence electrons. The summed E-state index contributed by atoms with van der Waals surface area (Å²) >= 11 is 0. The summed E-state index contributed by atoms with van der Waals surface area (Å²) in [5.74, 6) is 0.0191. The second kappa shape index (κ2) is 9.14. The maximum Gasteiger partial charge on any atom is 0.419 e. The van der Waals surface area contributed by atoms with Crippen LogP contribution in [0.3, 0.4) is 0 Å². The van der Waals surface area contributed by atoms with Crippen molar-refractivity contribution in [3.05, 3.63) is 47.7 Å². The topological polar surface area (TPSA) is 93.6 Å². The number of benzene rings is 1. The molecule has 1 aliphatic carbocycles. The Morgan fingerprint density at radius 2 is 2.00 bits per heavy atom. The van der Waals surface area contributed by atoms with Gasteiger partial charge in [-0.15, -0.1) is 0 Å². The highest BCUT2D eigenvalue weighted by Crippen LogP contribution is 2.39. The van der Waals surface area contributed by atoms with Gasteiger partial charge in [-0.1, -0.05) is 25.5 Å². The van der Waals surface area contributed by atoms with Crippen LogP contribution in [-0.2, 0) is 11.0 Å². The van der Waals surface area contributed by atoms with E-state index in [9.17, 15) is 18.0 Å². The van der Waals surface area contributed by atoms with Crippen LogP contribution in [-0.4, -0.2) is 29.0 Å². The fraction of sp³-hybridized carbons (Fsp3) is 0.375. The molecule has 1 aromatic carbocycles.